The topological polar surface area (TPSA) is 102 Å². The van der Waals surface area contributed by atoms with Crippen LogP contribution < -0.4 is 5.73 Å². The van der Waals surface area contributed by atoms with Crippen LogP contribution >= 0.6 is 0 Å². The van der Waals surface area contributed by atoms with Crippen molar-refractivity contribution >= 4 is 11.5 Å². The van der Waals surface area contributed by atoms with Gasteiger partial charge in [-0.1, -0.05) is 36.4 Å². The van der Waals surface area contributed by atoms with Crippen molar-refractivity contribution in [1.82, 2.24) is 0 Å². The van der Waals surface area contributed by atoms with Gasteiger partial charge in [-0.05, 0) is 11.6 Å². The molecule has 0 fully saturated rings. The summed E-state index contributed by atoms with van der Waals surface area (Å²) in [7, 11) is 0. The minimum atomic E-state index is -0.416. The van der Waals surface area contributed by atoms with Crippen molar-refractivity contribution in [2.24, 2.45) is 5.73 Å². The number of hydrogen-bond donors (Lipinski definition) is 2. The number of benzene rings is 2. The summed E-state index contributed by atoms with van der Waals surface area (Å²) in [4.78, 5) is 10.5. The van der Waals surface area contributed by atoms with Crippen LogP contribution in [0, 0.1) is 15.5 Å². The van der Waals surface area contributed by atoms with Gasteiger partial charge < -0.3 is 10.5 Å². The Balaban J connectivity index is 1.95. The smallest absolute Gasteiger partial charge is 0.274 e. The second-order valence-electron chi connectivity index (χ2n) is 4.49. The van der Waals surface area contributed by atoms with E-state index in [-0.39, 0.29) is 18.1 Å². The van der Waals surface area contributed by atoms with Gasteiger partial charge in [-0.3, -0.25) is 15.5 Å². The van der Waals surface area contributed by atoms with Crippen LogP contribution in [0.3, 0.4) is 0 Å². The van der Waals surface area contributed by atoms with Gasteiger partial charge in [0.1, 0.15) is 5.84 Å². The van der Waals surface area contributed by atoms with Crippen LogP contribution in [0.5, 0.6) is 0 Å². The lowest BCUT2D eigenvalue weighted by molar-refractivity contribution is -0.386. The lowest BCUT2D eigenvalue weighted by Crippen LogP contribution is -2.10. The maximum absolute atomic E-state index is 10.9. The van der Waals surface area contributed by atoms with E-state index >= 15 is 0 Å². The van der Waals surface area contributed by atoms with Crippen molar-refractivity contribution in [2.45, 2.75) is 13.2 Å². The number of para-hydroxylation sites is 1. The van der Waals surface area contributed by atoms with Crippen molar-refractivity contribution < 1.29 is 9.66 Å². The van der Waals surface area contributed by atoms with E-state index in [0.29, 0.717) is 17.7 Å². The predicted molar refractivity (Wildman–Crippen MR) is 79.0 cm³/mol. The third-order valence-electron chi connectivity index (χ3n) is 2.98. The molecule has 0 amide bonds. The van der Waals surface area contributed by atoms with Crippen molar-refractivity contribution in [3.63, 3.8) is 0 Å². The molecule has 0 saturated heterocycles. The summed E-state index contributed by atoms with van der Waals surface area (Å²) in [6.07, 6.45) is 0. The molecule has 0 aliphatic rings. The summed E-state index contributed by atoms with van der Waals surface area (Å²) in [6, 6.07) is 13.6. The van der Waals surface area contributed by atoms with Gasteiger partial charge in [-0.2, -0.15) is 0 Å². The van der Waals surface area contributed by atoms with Crippen molar-refractivity contribution in [1.29, 1.82) is 5.41 Å². The molecule has 21 heavy (non-hydrogen) atoms. The number of nitrogens with one attached hydrogen (secondary N) is 1. The van der Waals surface area contributed by atoms with Gasteiger partial charge in [0, 0.05) is 11.6 Å². The van der Waals surface area contributed by atoms with E-state index in [4.69, 9.17) is 15.9 Å². The summed E-state index contributed by atoms with van der Waals surface area (Å²) in [5, 5.41) is 18.2. The number of amidine groups is 1. The predicted octanol–water partition coefficient (Wildman–Crippen LogP) is 2.60. The van der Waals surface area contributed by atoms with Gasteiger partial charge in [0.25, 0.3) is 5.69 Å². The molecule has 0 saturated carbocycles. The highest BCUT2D eigenvalue weighted by Gasteiger charge is 2.11. The zero-order valence-corrected chi connectivity index (χ0v) is 11.3. The quantitative estimate of drug-likeness (QED) is 0.368. The molecular weight excluding hydrogens is 270 g/mol. The third kappa shape index (κ3) is 3.87. The maximum Gasteiger partial charge on any atom is 0.274 e. The van der Waals surface area contributed by atoms with E-state index in [1.54, 1.807) is 30.3 Å². The first-order chi connectivity index (χ1) is 10.1. The zero-order chi connectivity index (χ0) is 15.2. The second kappa shape index (κ2) is 6.62. The number of ether oxygens (including phenoxy) is 1. The SMILES string of the molecule is N=C(N)c1ccc(COCc2ccccc2[N+](=O)[O-])cc1. The molecule has 0 bridgehead atoms. The molecule has 0 heterocycles. The molecule has 0 atom stereocenters. The Hall–Kier alpha value is -2.73. The minimum Gasteiger partial charge on any atom is -0.384 e. The molecule has 108 valence electrons. The first-order valence-electron chi connectivity index (χ1n) is 6.31. The van der Waals surface area contributed by atoms with Gasteiger partial charge in [0.15, 0.2) is 0 Å². The number of nitrogens with two attached hydrogens (primary N) is 1. The fraction of sp³-hybridized carbons (Fsp3) is 0.133. The molecule has 0 radical (unpaired) electrons. The molecule has 0 aliphatic heterocycles. The average molecular weight is 285 g/mol. The van der Waals surface area contributed by atoms with E-state index < -0.39 is 4.92 Å². The highest BCUT2D eigenvalue weighted by molar-refractivity contribution is 5.94. The Morgan fingerprint density at radius 1 is 1.14 bits per heavy atom. The average Bonchev–Trinajstić information content (AvgIpc) is 2.48. The van der Waals surface area contributed by atoms with E-state index in [0.717, 1.165) is 5.56 Å². The number of rotatable bonds is 6. The molecule has 2 rings (SSSR count). The zero-order valence-electron chi connectivity index (χ0n) is 11.3. The van der Waals surface area contributed by atoms with Crippen LogP contribution in [0.1, 0.15) is 16.7 Å². The monoisotopic (exact) mass is 285 g/mol. The van der Waals surface area contributed by atoms with Gasteiger partial charge in [-0.25, -0.2) is 0 Å². The van der Waals surface area contributed by atoms with Crippen LogP contribution in [-0.4, -0.2) is 10.8 Å². The molecule has 0 unspecified atom stereocenters. The Kier molecular flexibility index (Phi) is 4.63. The van der Waals surface area contributed by atoms with Crippen LogP contribution in [0.15, 0.2) is 48.5 Å². The molecule has 2 aromatic carbocycles. The molecule has 0 aliphatic carbocycles. The van der Waals surface area contributed by atoms with Crippen LogP contribution in [0.25, 0.3) is 0 Å². The van der Waals surface area contributed by atoms with Gasteiger partial charge >= 0.3 is 0 Å². The third-order valence-corrected chi connectivity index (χ3v) is 2.98. The summed E-state index contributed by atoms with van der Waals surface area (Å²) in [5.41, 5.74) is 7.54. The number of nitrogen functional groups attached to an aromatic ring is 1. The van der Waals surface area contributed by atoms with Gasteiger partial charge in [0.05, 0.1) is 23.7 Å². The fourth-order valence-electron chi connectivity index (χ4n) is 1.87. The molecule has 0 aromatic heterocycles. The maximum atomic E-state index is 10.9. The fourth-order valence-corrected chi connectivity index (χ4v) is 1.87. The standard InChI is InChI=1S/C15H15N3O3/c16-15(17)12-7-5-11(6-8-12)9-21-10-13-3-1-2-4-14(13)18(19)20/h1-8H,9-10H2,(H3,16,17). The first-order valence-corrected chi connectivity index (χ1v) is 6.31. The first kappa shape index (κ1) is 14.7. The molecular formula is C15H15N3O3. The Labute approximate surface area is 121 Å². The summed E-state index contributed by atoms with van der Waals surface area (Å²) in [6.45, 7) is 0.510. The Morgan fingerprint density at radius 2 is 1.81 bits per heavy atom. The molecule has 0 spiro atoms. The molecule has 3 N–H and O–H groups in total. The molecule has 2 aromatic rings. The highest BCUT2D eigenvalue weighted by Crippen LogP contribution is 2.19. The number of hydrogen-bond acceptors (Lipinski definition) is 4. The van der Waals surface area contributed by atoms with Crippen LogP contribution in [0.2, 0.25) is 0 Å². The number of nitro benzene ring substituents is 1. The van der Waals surface area contributed by atoms with Crippen LogP contribution in [0.4, 0.5) is 5.69 Å². The van der Waals surface area contributed by atoms with Crippen molar-refractivity contribution in [3.8, 4) is 0 Å². The number of nitrogens with zero attached hydrogens (tertiary/aromatic N) is 1. The lowest BCUT2D eigenvalue weighted by atomic mass is 10.1. The van der Waals surface area contributed by atoms with Crippen LogP contribution in [-0.2, 0) is 18.0 Å². The molecule has 6 heteroatoms. The molecule has 6 nitrogen and oxygen atoms in total. The number of nitro groups is 1. The summed E-state index contributed by atoms with van der Waals surface area (Å²) < 4.78 is 5.51. The second-order valence-corrected chi connectivity index (χ2v) is 4.49. The Bertz CT molecular complexity index is 653. The normalized spacial score (nSPS) is 10.3. The largest absolute Gasteiger partial charge is 0.384 e. The van der Waals surface area contributed by atoms with E-state index in [1.807, 2.05) is 12.1 Å². The van der Waals surface area contributed by atoms with Gasteiger partial charge in [0.2, 0.25) is 0 Å². The summed E-state index contributed by atoms with van der Waals surface area (Å²) in [5.74, 6) is 0.0161. The van der Waals surface area contributed by atoms with Crippen molar-refractivity contribution in [3.05, 3.63) is 75.3 Å². The summed E-state index contributed by atoms with van der Waals surface area (Å²) >= 11 is 0. The highest BCUT2D eigenvalue weighted by atomic mass is 16.6. The Morgan fingerprint density at radius 3 is 2.43 bits per heavy atom. The van der Waals surface area contributed by atoms with Gasteiger partial charge in [-0.15, -0.1) is 0 Å². The van der Waals surface area contributed by atoms with E-state index in [1.165, 1.54) is 6.07 Å². The van der Waals surface area contributed by atoms with Crippen molar-refractivity contribution in [2.75, 3.05) is 0 Å². The van der Waals surface area contributed by atoms with E-state index in [9.17, 15) is 10.1 Å². The minimum absolute atomic E-state index is 0.0161. The van der Waals surface area contributed by atoms with E-state index in [2.05, 4.69) is 0 Å². The lowest BCUT2D eigenvalue weighted by Gasteiger charge is -2.06.